The van der Waals surface area contributed by atoms with Crippen LogP contribution in [0.2, 0.25) is 0 Å². The van der Waals surface area contributed by atoms with Crippen molar-refractivity contribution in [2.45, 2.75) is 27.7 Å². The van der Waals surface area contributed by atoms with Crippen LogP contribution >= 0.6 is 0 Å². The summed E-state index contributed by atoms with van der Waals surface area (Å²) in [4.78, 5) is 25.0. The number of aromatic nitrogens is 1. The first-order valence-corrected chi connectivity index (χ1v) is 10.5. The Morgan fingerprint density at radius 2 is 1.69 bits per heavy atom. The minimum absolute atomic E-state index is 0.141. The van der Waals surface area contributed by atoms with Gasteiger partial charge < -0.3 is 9.30 Å². The Labute approximate surface area is 187 Å². The van der Waals surface area contributed by atoms with Crippen LogP contribution in [0.3, 0.4) is 0 Å². The van der Waals surface area contributed by atoms with E-state index in [9.17, 15) is 9.59 Å². The summed E-state index contributed by atoms with van der Waals surface area (Å²) >= 11 is 0. The molecule has 162 valence electrons. The maximum atomic E-state index is 13.0. The molecule has 0 unspecified atom stereocenters. The van der Waals surface area contributed by atoms with E-state index in [2.05, 4.69) is 9.67 Å². The van der Waals surface area contributed by atoms with Gasteiger partial charge in [-0.15, -0.1) is 0 Å². The van der Waals surface area contributed by atoms with Crippen LogP contribution in [-0.4, -0.2) is 28.8 Å². The fourth-order valence-electron chi connectivity index (χ4n) is 3.88. The maximum Gasteiger partial charge on any atom is 0.338 e. The molecule has 1 aromatic heterocycles. The Hall–Kier alpha value is -3.93. The average molecular weight is 428 g/mol. The molecule has 3 aromatic rings. The van der Waals surface area contributed by atoms with Crippen molar-refractivity contribution in [3.63, 3.8) is 0 Å². The van der Waals surface area contributed by atoms with Crippen LogP contribution in [0.15, 0.2) is 71.3 Å². The van der Waals surface area contributed by atoms with E-state index in [0.29, 0.717) is 23.5 Å². The molecule has 6 nitrogen and oxygen atoms in total. The van der Waals surface area contributed by atoms with Crippen LogP contribution in [-0.2, 0) is 9.53 Å². The predicted octanol–water partition coefficient (Wildman–Crippen LogP) is 5.08. The molecule has 0 bridgehead atoms. The second kappa shape index (κ2) is 8.67. The van der Waals surface area contributed by atoms with Crippen molar-refractivity contribution in [1.29, 1.82) is 0 Å². The van der Waals surface area contributed by atoms with Crippen LogP contribution in [0.25, 0.3) is 11.8 Å². The Balaban J connectivity index is 1.65. The van der Waals surface area contributed by atoms with Gasteiger partial charge >= 0.3 is 5.97 Å². The highest BCUT2D eigenvalue weighted by atomic mass is 16.5. The van der Waals surface area contributed by atoms with Crippen molar-refractivity contribution in [3.05, 3.63) is 88.8 Å². The van der Waals surface area contributed by atoms with Crippen molar-refractivity contribution in [3.8, 4) is 5.69 Å². The minimum Gasteiger partial charge on any atom is -0.462 e. The summed E-state index contributed by atoms with van der Waals surface area (Å²) in [5, 5.41) is 5.90. The largest absolute Gasteiger partial charge is 0.462 e. The number of anilines is 1. The summed E-state index contributed by atoms with van der Waals surface area (Å²) in [5.74, 6) is -0.472. The molecule has 1 amide bonds. The predicted molar refractivity (Wildman–Crippen MR) is 126 cm³/mol. The first kappa shape index (κ1) is 21.3. The summed E-state index contributed by atoms with van der Waals surface area (Å²) < 4.78 is 7.16. The molecule has 2 heterocycles. The lowest BCUT2D eigenvalue weighted by molar-refractivity contribution is -0.114. The molecule has 0 spiro atoms. The molecule has 6 heteroatoms. The zero-order valence-electron chi connectivity index (χ0n) is 18.6. The monoisotopic (exact) mass is 427 g/mol. The molecule has 0 saturated heterocycles. The van der Waals surface area contributed by atoms with Gasteiger partial charge in [-0.05, 0) is 81.8 Å². The molecule has 0 aliphatic carbocycles. The summed E-state index contributed by atoms with van der Waals surface area (Å²) in [6.45, 7) is 8.01. The lowest BCUT2D eigenvalue weighted by atomic mass is 10.1. The zero-order chi connectivity index (χ0) is 22.8. The number of benzene rings is 2. The minimum atomic E-state index is -0.331. The number of aryl methyl sites for hydroxylation is 1. The fraction of sp³-hybridized carbons (Fsp3) is 0.192. The highest BCUT2D eigenvalue weighted by Crippen LogP contribution is 2.28. The van der Waals surface area contributed by atoms with Gasteiger partial charge in [0.1, 0.15) is 0 Å². The Morgan fingerprint density at radius 3 is 2.34 bits per heavy atom. The second-order valence-corrected chi connectivity index (χ2v) is 7.63. The molecular formula is C26H25N3O3. The van der Waals surface area contributed by atoms with Gasteiger partial charge in [0.25, 0.3) is 5.91 Å². The normalized spacial score (nSPS) is 14.8. The van der Waals surface area contributed by atoms with Gasteiger partial charge in [0.15, 0.2) is 0 Å². The number of hydrogen-bond acceptors (Lipinski definition) is 4. The standard InChI is InChI=1S/C26H25N3O3/c1-5-32-26(31)20-11-13-22(14-12-20)28-17(2)15-21(19(28)4)16-24-18(3)27-29(25(24)30)23-9-7-6-8-10-23/h6-16H,5H2,1-4H3/b24-16+. The molecule has 1 aliphatic heterocycles. The van der Waals surface area contributed by atoms with E-state index in [1.165, 1.54) is 5.01 Å². The number of ether oxygens (including phenoxy) is 1. The number of nitrogens with zero attached hydrogens (tertiary/aromatic N) is 3. The van der Waals surface area contributed by atoms with Gasteiger partial charge in [-0.1, -0.05) is 18.2 Å². The van der Waals surface area contributed by atoms with E-state index in [1.54, 1.807) is 19.1 Å². The number of para-hydroxylation sites is 1. The van der Waals surface area contributed by atoms with E-state index >= 15 is 0 Å². The number of hydrogen-bond donors (Lipinski definition) is 0. The fourth-order valence-corrected chi connectivity index (χ4v) is 3.88. The lowest BCUT2D eigenvalue weighted by Gasteiger charge is -2.11. The summed E-state index contributed by atoms with van der Waals surface area (Å²) in [5.41, 5.74) is 6.43. The third-order valence-electron chi connectivity index (χ3n) is 5.47. The van der Waals surface area contributed by atoms with Crippen molar-refractivity contribution < 1.29 is 14.3 Å². The molecule has 2 aromatic carbocycles. The van der Waals surface area contributed by atoms with E-state index in [4.69, 9.17) is 4.74 Å². The smallest absolute Gasteiger partial charge is 0.338 e. The summed E-state index contributed by atoms with van der Waals surface area (Å²) in [7, 11) is 0. The molecule has 0 N–H and O–H groups in total. The van der Waals surface area contributed by atoms with Gasteiger partial charge in [-0.2, -0.15) is 10.1 Å². The molecule has 0 radical (unpaired) electrons. The third kappa shape index (κ3) is 3.87. The van der Waals surface area contributed by atoms with Crippen LogP contribution in [0.1, 0.15) is 41.2 Å². The topological polar surface area (TPSA) is 63.9 Å². The summed E-state index contributed by atoms with van der Waals surface area (Å²) in [6.07, 6.45) is 1.90. The van der Waals surface area contributed by atoms with Gasteiger partial charge in [0, 0.05) is 17.1 Å². The van der Waals surface area contributed by atoms with E-state index < -0.39 is 0 Å². The first-order valence-electron chi connectivity index (χ1n) is 10.5. The van der Waals surface area contributed by atoms with Crippen molar-refractivity contribution in [2.24, 2.45) is 5.10 Å². The maximum absolute atomic E-state index is 13.0. The second-order valence-electron chi connectivity index (χ2n) is 7.63. The lowest BCUT2D eigenvalue weighted by Crippen LogP contribution is -2.21. The number of carbonyl (C=O) groups is 2. The zero-order valence-corrected chi connectivity index (χ0v) is 18.6. The number of amides is 1. The molecule has 0 fully saturated rings. The van der Waals surface area contributed by atoms with Crippen LogP contribution in [0.4, 0.5) is 5.69 Å². The van der Waals surface area contributed by atoms with Crippen LogP contribution in [0.5, 0.6) is 0 Å². The van der Waals surface area contributed by atoms with Crippen LogP contribution in [0, 0.1) is 13.8 Å². The quantitative estimate of drug-likeness (QED) is 0.421. The Bertz CT molecular complexity index is 1240. The number of carbonyl (C=O) groups excluding carboxylic acids is 2. The first-order chi connectivity index (χ1) is 15.4. The van der Waals surface area contributed by atoms with Crippen molar-refractivity contribution in [2.75, 3.05) is 11.6 Å². The Morgan fingerprint density at radius 1 is 1.00 bits per heavy atom. The Kier molecular flexibility index (Phi) is 5.77. The third-order valence-corrected chi connectivity index (χ3v) is 5.47. The SMILES string of the molecule is CCOC(=O)c1ccc(-n2c(C)cc(/C=C3/C(=O)N(c4ccccc4)N=C3C)c2C)cc1. The molecule has 0 saturated carbocycles. The number of rotatable bonds is 5. The summed E-state index contributed by atoms with van der Waals surface area (Å²) in [6, 6.07) is 18.8. The van der Waals surface area contributed by atoms with E-state index in [1.807, 2.05) is 75.4 Å². The highest BCUT2D eigenvalue weighted by Gasteiger charge is 2.29. The van der Waals surface area contributed by atoms with Gasteiger partial charge in [-0.3, -0.25) is 4.79 Å². The number of hydrazone groups is 1. The average Bonchev–Trinajstić information content (AvgIpc) is 3.24. The molecule has 0 atom stereocenters. The number of esters is 1. The van der Waals surface area contributed by atoms with E-state index in [0.717, 1.165) is 28.3 Å². The highest BCUT2D eigenvalue weighted by molar-refractivity contribution is 6.32. The van der Waals surface area contributed by atoms with Gasteiger partial charge in [0.2, 0.25) is 0 Å². The van der Waals surface area contributed by atoms with Gasteiger partial charge in [-0.25, -0.2) is 4.79 Å². The van der Waals surface area contributed by atoms with Crippen LogP contribution < -0.4 is 5.01 Å². The van der Waals surface area contributed by atoms with Gasteiger partial charge in [0.05, 0.1) is 29.1 Å². The molecule has 1 aliphatic rings. The molecular weight excluding hydrogens is 402 g/mol. The van der Waals surface area contributed by atoms with Crippen molar-refractivity contribution in [1.82, 2.24) is 4.57 Å². The molecule has 32 heavy (non-hydrogen) atoms. The van der Waals surface area contributed by atoms with Crippen molar-refractivity contribution >= 4 is 29.4 Å². The van der Waals surface area contributed by atoms with E-state index in [-0.39, 0.29) is 11.9 Å². The molecule has 4 rings (SSSR count).